The molecular weight excluding hydrogens is 348 g/mol. The lowest BCUT2D eigenvalue weighted by atomic mass is 10.0. The lowest BCUT2D eigenvalue weighted by Crippen LogP contribution is -2.54. The highest BCUT2D eigenvalue weighted by Gasteiger charge is 2.44. The van der Waals surface area contributed by atoms with Gasteiger partial charge >= 0.3 is 0 Å². The summed E-state index contributed by atoms with van der Waals surface area (Å²) in [5, 5.41) is 2.20. The van der Waals surface area contributed by atoms with Crippen LogP contribution in [-0.4, -0.2) is 59.1 Å². The van der Waals surface area contributed by atoms with Gasteiger partial charge in [0.15, 0.2) is 0 Å². The van der Waals surface area contributed by atoms with E-state index in [0.29, 0.717) is 30.1 Å². The second-order valence-corrected chi connectivity index (χ2v) is 7.45. The average molecular weight is 370 g/mol. The third-order valence-electron chi connectivity index (χ3n) is 5.61. The maximum absolute atomic E-state index is 12.8. The van der Waals surface area contributed by atoms with Crippen molar-refractivity contribution in [1.29, 1.82) is 0 Å². The third kappa shape index (κ3) is 3.15. The molecule has 2 atom stereocenters. The normalized spacial score (nSPS) is 25.9. The Bertz CT molecular complexity index is 837. The molecule has 142 valence electrons. The molecule has 2 saturated heterocycles. The quantitative estimate of drug-likeness (QED) is 0.714. The van der Waals surface area contributed by atoms with Gasteiger partial charge in [-0.05, 0) is 49.5 Å². The first-order valence-electron chi connectivity index (χ1n) is 9.25. The molecular formula is C19H22N4O4. The monoisotopic (exact) mass is 370 g/mol. The smallest absolute Gasteiger partial charge is 0.262 e. The van der Waals surface area contributed by atoms with E-state index in [4.69, 9.17) is 5.73 Å². The number of hydrogen-bond donors (Lipinski definition) is 2. The molecule has 0 aliphatic carbocycles. The van der Waals surface area contributed by atoms with Gasteiger partial charge in [-0.25, -0.2) is 0 Å². The Morgan fingerprint density at radius 2 is 1.85 bits per heavy atom. The third-order valence-corrected chi connectivity index (χ3v) is 5.61. The minimum Gasteiger partial charge on any atom is -0.330 e. The summed E-state index contributed by atoms with van der Waals surface area (Å²) >= 11 is 0. The van der Waals surface area contributed by atoms with E-state index in [-0.39, 0.29) is 18.7 Å². The van der Waals surface area contributed by atoms with Gasteiger partial charge in [-0.15, -0.1) is 0 Å². The van der Waals surface area contributed by atoms with Crippen LogP contribution < -0.4 is 11.1 Å². The summed E-state index contributed by atoms with van der Waals surface area (Å²) in [4.78, 5) is 52.2. The number of nitrogens with two attached hydrogens (primary N) is 1. The summed E-state index contributed by atoms with van der Waals surface area (Å²) in [6.45, 7) is 3.27. The zero-order valence-electron chi connectivity index (χ0n) is 14.9. The average Bonchev–Trinajstić information content (AvgIpc) is 3.19. The van der Waals surface area contributed by atoms with Crippen LogP contribution in [0.25, 0.3) is 0 Å². The van der Waals surface area contributed by atoms with E-state index in [9.17, 15) is 19.2 Å². The molecule has 3 aliphatic rings. The lowest BCUT2D eigenvalue weighted by molar-refractivity contribution is -0.136. The summed E-state index contributed by atoms with van der Waals surface area (Å²) in [5.74, 6) is -1.40. The Labute approximate surface area is 156 Å². The number of piperidine rings is 1. The Morgan fingerprint density at radius 1 is 1.07 bits per heavy atom. The van der Waals surface area contributed by atoms with Crippen molar-refractivity contribution < 1.29 is 19.2 Å². The van der Waals surface area contributed by atoms with Crippen LogP contribution in [0.2, 0.25) is 0 Å². The maximum atomic E-state index is 12.8. The fourth-order valence-electron chi connectivity index (χ4n) is 4.12. The SMILES string of the molecule is NCC1CCN(Cc2ccc3c(c2)C(=O)N(C2CCC(=O)NC2=O)C3=O)C1. The summed E-state index contributed by atoms with van der Waals surface area (Å²) in [6, 6.07) is 4.33. The summed E-state index contributed by atoms with van der Waals surface area (Å²) < 4.78 is 0. The van der Waals surface area contributed by atoms with E-state index < -0.39 is 23.8 Å². The van der Waals surface area contributed by atoms with Gasteiger partial charge in [0, 0.05) is 19.5 Å². The Balaban J connectivity index is 1.53. The van der Waals surface area contributed by atoms with Gasteiger partial charge < -0.3 is 5.73 Å². The molecule has 8 nitrogen and oxygen atoms in total. The molecule has 1 aromatic rings. The molecule has 8 heteroatoms. The molecule has 4 rings (SSSR count). The van der Waals surface area contributed by atoms with E-state index in [1.54, 1.807) is 12.1 Å². The van der Waals surface area contributed by atoms with E-state index in [1.165, 1.54) is 0 Å². The van der Waals surface area contributed by atoms with Crippen LogP contribution in [0.5, 0.6) is 0 Å². The summed E-state index contributed by atoms with van der Waals surface area (Å²) in [6.07, 6.45) is 1.35. The van der Waals surface area contributed by atoms with Crippen molar-refractivity contribution in [2.45, 2.75) is 31.8 Å². The van der Waals surface area contributed by atoms with Crippen molar-refractivity contribution in [3.8, 4) is 0 Å². The number of amides is 4. The number of likely N-dealkylation sites (tertiary alicyclic amines) is 1. The molecule has 0 bridgehead atoms. The molecule has 2 unspecified atom stereocenters. The number of imide groups is 2. The number of carbonyl (C=O) groups excluding carboxylic acids is 4. The second-order valence-electron chi connectivity index (χ2n) is 7.45. The molecule has 2 fully saturated rings. The van der Waals surface area contributed by atoms with E-state index in [2.05, 4.69) is 10.2 Å². The van der Waals surface area contributed by atoms with Crippen molar-refractivity contribution in [3.63, 3.8) is 0 Å². The molecule has 3 heterocycles. The van der Waals surface area contributed by atoms with Gasteiger partial charge in [0.1, 0.15) is 6.04 Å². The molecule has 0 saturated carbocycles. The van der Waals surface area contributed by atoms with Crippen molar-refractivity contribution in [3.05, 3.63) is 34.9 Å². The molecule has 3 N–H and O–H groups in total. The predicted octanol–water partition coefficient (Wildman–Crippen LogP) is -0.132. The molecule has 0 spiro atoms. The fourth-order valence-corrected chi connectivity index (χ4v) is 4.12. The minimum atomic E-state index is -0.928. The number of carbonyl (C=O) groups is 4. The Hall–Kier alpha value is -2.58. The van der Waals surface area contributed by atoms with Crippen LogP contribution in [0.15, 0.2) is 18.2 Å². The van der Waals surface area contributed by atoms with E-state index in [1.807, 2.05) is 6.07 Å². The minimum absolute atomic E-state index is 0.117. The molecule has 3 aliphatic heterocycles. The standard InChI is InChI=1S/C19H22N4O4/c20-8-12-5-6-22(10-12)9-11-1-2-13-14(7-11)19(27)23(18(13)26)15-3-4-16(24)21-17(15)25/h1-2,7,12,15H,3-6,8-10,20H2,(H,21,24,25). The molecule has 0 radical (unpaired) electrons. The topological polar surface area (TPSA) is 113 Å². The number of nitrogens with zero attached hydrogens (tertiary/aromatic N) is 2. The highest BCUT2D eigenvalue weighted by Crippen LogP contribution is 2.29. The van der Waals surface area contributed by atoms with Gasteiger partial charge in [-0.3, -0.25) is 34.3 Å². The first-order chi connectivity index (χ1) is 13.0. The van der Waals surface area contributed by atoms with Crippen molar-refractivity contribution >= 4 is 23.6 Å². The van der Waals surface area contributed by atoms with E-state index in [0.717, 1.165) is 30.0 Å². The van der Waals surface area contributed by atoms with Crippen LogP contribution in [0, 0.1) is 5.92 Å². The summed E-state index contributed by atoms with van der Waals surface area (Å²) in [7, 11) is 0. The van der Waals surface area contributed by atoms with Crippen LogP contribution in [0.1, 0.15) is 45.5 Å². The molecule has 0 aromatic heterocycles. The number of nitrogens with one attached hydrogen (secondary N) is 1. The lowest BCUT2D eigenvalue weighted by Gasteiger charge is -2.27. The Morgan fingerprint density at radius 3 is 2.56 bits per heavy atom. The van der Waals surface area contributed by atoms with Crippen LogP contribution in [0.3, 0.4) is 0 Å². The van der Waals surface area contributed by atoms with Crippen LogP contribution in [-0.2, 0) is 16.1 Å². The van der Waals surface area contributed by atoms with Crippen LogP contribution in [0.4, 0.5) is 0 Å². The highest BCUT2D eigenvalue weighted by atomic mass is 16.2. The zero-order chi connectivity index (χ0) is 19.1. The summed E-state index contributed by atoms with van der Waals surface area (Å²) in [5.41, 5.74) is 7.34. The van der Waals surface area contributed by atoms with Gasteiger partial charge in [0.05, 0.1) is 11.1 Å². The number of rotatable bonds is 4. The van der Waals surface area contributed by atoms with E-state index >= 15 is 0 Å². The maximum Gasteiger partial charge on any atom is 0.262 e. The number of benzene rings is 1. The molecule has 4 amide bonds. The largest absolute Gasteiger partial charge is 0.330 e. The van der Waals surface area contributed by atoms with Gasteiger partial charge in [-0.2, -0.15) is 0 Å². The van der Waals surface area contributed by atoms with Crippen molar-refractivity contribution in [2.24, 2.45) is 11.7 Å². The predicted molar refractivity (Wildman–Crippen MR) is 95.6 cm³/mol. The second kappa shape index (κ2) is 6.86. The Kier molecular flexibility index (Phi) is 4.53. The highest BCUT2D eigenvalue weighted by molar-refractivity contribution is 6.23. The van der Waals surface area contributed by atoms with Gasteiger partial charge in [-0.1, -0.05) is 6.07 Å². The van der Waals surface area contributed by atoms with Crippen molar-refractivity contribution in [2.75, 3.05) is 19.6 Å². The fraction of sp³-hybridized carbons (Fsp3) is 0.474. The number of hydrogen-bond acceptors (Lipinski definition) is 6. The number of fused-ring (bicyclic) bond motifs is 1. The first kappa shape index (κ1) is 17.8. The van der Waals surface area contributed by atoms with Crippen LogP contribution >= 0.6 is 0 Å². The van der Waals surface area contributed by atoms with Gasteiger partial charge in [0.2, 0.25) is 11.8 Å². The van der Waals surface area contributed by atoms with Crippen molar-refractivity contribution in [1.82, 2.24) is 15.1 Å². The molecule has 1 aromatic carbocycles. The molecule has 27 heavy (non-hydrogen) atoms. The first-order valence-corrected chi connectivity index (χ1v) is 9.25. The zero-order valence-corrected chi connectivity index (χ0v) is 14.9. The van der Waals surface area contributed by atoms with Gasteiger partial charge in [0.25, 0.3) is 11.8 Å².